The van der Waals surface area contributed by atoms with E-state index in [4.69, 9.17) is 5.11 Å². The number of nitrogens with one attached hydrogen (secondary N) is 1. The summed E-state index contributed by atoms with van der Waals surface area (Å²) in [6.07, 6.45) is 4.23. The van der Waals surface area contributed by atoms with E-state index in [1.165, 1.54) is 17.7 Å². The predicted octanol–water partition coefficient (Wildman–Crippen LogP) is 1.29. The molecule has 1 aromatic carbocycles. The van der Waals surface area contributed by atoms with E-state index in [0.29, 0.717) is 0 Å². The molecule has 0 atom stereocenters. The Balaban J connectivity index is 0.000000218. The Morgan fingerprint density at radius 2 is 1.63 bits per heavy atom. The van der Waals surface area contributed by atoms with Gasteiger partial charge in [0.25, 0.3) is 11.8 Å². The van der Waals surface area contributed by atoms with Crippen molar-refractivity contribution in [3.63, 3.8) is 0 Å². The van der Waals surface area contributed by atoms with Crippen molar-refractivity contribution in [2.45, 2.75) is 19.3 Å². The molecule has 2 rings (SSSR count). The number of carbonyl (C=O) groups is 3. The molecule has 0 radical (unpaired) electrons. The number of benzene rings is 1. The number of carboxylic acid groups (broad SMARTS) is 1. The number of amides is 2. The van der Waals surface area contributed by atoms with Crippen LogP contribution >= 0.6 is 0 Å². The molecule has 2 N–H and O–H groups in total. The first-order valence-corrected chi connectivity index (χ1v) is 5.86. The number of aryl methyl sites for hydroxylation is 1. The lowest BCUT2D eigenvalue weighted by molar-refractivity contribution is -0.137. The van der Waals surface area contributed by atoms with Crippen LogP contribution in [0.3, 0.4) is 0 Å². The molecule has 0 aromatic heterocycles. The lowest BCUT2D eigenvalue weighted by Gasteiger charge is -1.97. The molecule has 0 saturated carbocycles. The third kappa shape index (κ3) is 6.78. The summed E-state index contributed by atoms with van der Waals surface area (Å²) in [5, 5.41) is 10.4. The molecule has 1 aliphatic heterocycles. The largest absolute Gasteiger partial charge is 0.481 e. The van der Waals surface area contributed by atoms with E-state index in [0.717, 1.165) is 12.8 Å². The quantitative estimate of drug-likeness (QED) is 0.800. The van der Waals surface area contributed by atoms with Crippen molar-refractivity contribution in [3.8, 4) is 0 Å². The summed E-state index contributed by atoms with van der Waals surface area (Å²) in [4.78, 5) is 30.3. The van der Waals surface area contributed by atoms with Crippen LogP contribution in [0.15, 0.2) is 42.5 Å². The van der Waals surface area contributed by atoms with Crippen molar-refractivity contribution in [3.05, 3.63) is 48.0 Å². The van der Waals surface area contributed by atoms with E-state index < -0.39 is 5.97 Å². The molecule has 100 valence electrons. The summed E-state index contributed by atoms with van der Waals surface area (Å²) >= 11 is 0. The summed E-state index contributed by atoms with van der Waals surface area (Å²) in [5.74, 6) is -1.37. The van der Waals surface area contributed by atoms with Crippen molar-refractivity contribution in [2.24, 2.45) is 0 Å². The molecular weight excluding hydrogens is 246 g/mol. The fourth-order valence-electron chi connectivity index (χ4n) is 1.44. The van der Waals surface area contributed by atoms with Crippen LogP contribution in [0.4, 0.5) is 0 Å². The maximum absolute atomic E-state index is 10.2. The molecule has 0 fully saturated rings. The number of hydrogen-bond donors (Lipinski definition) is 2. The van der Waals surface area contributed by atoms with Crippen LogP contribution in [0.1, 0.15) is 18.4 Å². The van der Waals surface area contributed by atoms with E-state index in [2.05, 4.69) is 0 Å². The molecule has 0 saturated heterocycles. The molecule has 0 unspecified atom stereocenters. The van der Waals surface area contributed by atoms with Crippen LogP contribution < -0.4 is 5.32 Å². The second kappa shape index (κ2) is 7.81. The predicted molar refractivity (Wildman–Crippen MR) is 69.3 cm³/mol. The second-order valence-corrected chi connectivity index (χ2v) is 3.92. The van der Waals surface area contributed by atoms with Crippen LogP contribution in [-0.2, 0) is 20.8 Å². The summed E-state index contributed by atoms with van der Waals surface area (Å²) in [6, 6.07) is 9.93. The maximum atomic E-state index is 10.2. The van der Waals surface area contributed by atoms with Crippen LogP contribution in [0.25, 0.3) is 0 Å². The van der Waals surface area contributed by atoms with Gasteiger partial charge in [0.15, 0.2) is 0 Å². The van der Waals surface area contributed by atoms with Crippen LogP contribution in [0.2, 0.25) is 0 Å². The van der Waals surface area contributed by atoms with Gasteiger partial charge in [0.1, 0.15) is 0 Å². The van der Waals surface area contributed by atoms with Gasteiger partial charge >= 0.3 is 5.97 Å². The fourth-order valence-corrected chi connectivity index (χ4v) is 1.44. The van der Waals surface area contributed by atoms with E-state index in [9.17, 15) is 14.4 Å². The zero-order valence-corrected chi connectivity index (χ0v) is 10.3. The fraction of sp³-hybridized carbons (Fsp3) is 0.214. The van der Waals surface area contributed by atoms with Crippen molar-refractivity contribution >= 4 is 17.8 Å². The highest BCUT2D eigenvalue weighted by Gasteiger charge is 2.06. The average molecular weight is 261 g/mol. The Morgan fingerprint density at radius 3 is 2.05 bits per heavy atom. The first-order chi connectivity index (χ1) is 9.08. The first kappa shape index (κ1) is 14.6. The summed E-state index contributed by atoms with van der Waals surface area (Å²) in [7, 11) is 0. The highest BCUT2D eigenvalue weighted by Crippen LogP contribution is 2.03. The van der Waals surface area contributed by atoms with Gasteiger partial charge in [-0.25, -0.2) is 0 Å². The lowest BCUT2D eigenvalue weighted by Crippen LogP contribution is -2.19. The highest BCUT2D eigenvalue weighted by molar-refractivity contribution is 6.12. The summed E-state index contributed by atoms with van der Waals surface area (Å²) in [6.45, 7) is 0. The minimum atomic E-state index is -0.717. The average Bonchev–Trinajstić information content (AvgIpc) is 2.75. The van der Waals surface area contributed by atoms with Crippen LogP contribution in [0, 0.1) is 0 Å². The zero-order chi connectivity index (χ0) is 14.1. The van der Waals surface area contributed by atoms with Gasteiger partial charge in [-0.3, -0.25) is 19.7 Å². The molecule has 2 amide bonds. The Bertz CT molecular complexity index is 463. The molecule has 5 heteroatoms. The van der Waals surface area contributed by atoms with Gasteiger partial charge in [0.05, 0.1) is 0 Å². The SMILES string of the molecule is O=C(O)CCCc1ccccc1.O=C1C=CC(=O)N1. The number of rotatable bonds is 4. The normalized spacial score (nSPS) is 12.6. The van der Waals surface area contributed by atoms with Gasteiger partial charge in [0, 0.05) is 18.6 Å². The smallest absolute Gasteiger partial charge is 0.303 e. The molecule has 1 heterocycles. The Kier molecular flexibility index (Phi) is 6.02. The molecule has 19 heavy (non-hydrogen) atoms. The molecule has 0 spiro atoms. The molecule has 1 aliphatic rings. The van der Waals surface area contributed by atoms with Gasteiger partial charge in [-0.15, -0.1) is 0 Å². The van der Waals surface area contributed by atoms with Crippen molar-refractivity contribution in [2.75, 3.05) is 0 Å². The van der Waals surface area contributed by atoms with Gasteiger partial charge in [0.2, 0.25) is 0 Å². The highest BCUT2D eigenvalue weighted by atomic mass is 16.4. The van der Waals surface area contributed by atoms with Crippen molar-refractivity contribution < 1.29 is 19.5 Å². The topological polar surface area (TPSA) is 83.5 Å². The second-order valence-electron chi connectivity index (χ2n) is 3.92. The van der Waals surface area contributed by atoms with Gasteiger partial charge in [-0.2, -0.15) is 0 Å². The Morgan fingerprint density at radius 1 is 1.05 bits per heavy atom. The molecular formula is C14H15NO4. The van der Waals surface area contributed by atoms with Gasteiger partial charge in [-0.05, 0) is 18.4 Å². The van der Waals surface area contributed by atoms with Gasteiger partial charge in [-0.1, -0.05) is 30.3 Å². The molecule has 0 bridgehead atoms. The number of carbonyl (C=O) groups excluding carboxylic acids is 2. The third-order valence-electron chi connectivity index (χ3n) is 2.33. The number of imide groups is 1. The summed E-state index contributed by atoms with van der Waals surface area (Å²) < 4.78 is 0. The van der Waals surface area contributed by atoms with E-state index in [1.807, 2.05) is 35.6 Å². The monoisotopic (exact) mass is 261 g/mol. The van der Waals surface area contributed by atoms with E-state index in [1.54, 1.807) is 0 Å². The zero-order valence-electron chi connectivity index (χ0n) is 10.3. The van der Waals surface area contributed by atoms with Gasteiger partial charge < -0.3 is 5.11 Å². The standard InChI is InChI=1S/C10H12O2.C4H3NO2/c11-10(12)8-4-7-9-5-2-1-3-6-9;6-3-1-2-4(7)5-3/h1-3,5-6H,4,7-8H2,(H,11,12);1-2H,(H,5,6,7). The third-order valence-corrected chi connectivity index (χ3v) is 2.33. The number of carboxylic acids is 1. The van der Waals surface area contributed by atoms with Crippen LogP contribution in [0.5, 0.6) is 0 Å². The number of aliphatic carboxylic acids is 1. The van der Waals surface area contributed by atoms with Crippen molar-refractivity contribution in [1.82, 2.24) is 5.32 Å². The molecule has 1 aromatic rings. The lowest BCUT2D eigenvalue weighted by atomic mass is 10.1. The molecule has 5 nitrogen and oxygen atoms in total. The minimum Gasteiger partial charge on any atom is -0.481 e. The first-order valence-electron chi connectivity index (χ1n) is 5.86. The minimum absolute atomic E-state index is 0.259. The van der Waals surface area contributed by atoms with E-state index >= 15 is 0 Å². The maximum Gasteiger partial charge on any atom is 0.303 e. The Hall–Kier alpha value is -2.43. The molecule has 0 aliphatic carbocycles. The number of hydrogen-bond acceptors (Lipinski definition) is 3. The van der Waals surface area contributed by atoms with Crippen molar-refractivity contribution in [1.29, 1.82) is 0 Å². The Labute approximate surface area is 110 Å². The summed E-state index contributed by atoms with van der Waals surface area (Å²) in [5.41, 5.74) is 1.21. The van der Waals surface area contributed by atoms with Crippen LogP contribution in [-0.4, -0.2) is 22.9 Å². The van der Waals surface area contributed by atoms with E-state index in [-0.39, 0.29) is 18.2 Å².